The number of nitrogens with one attached hydrogen (secondary N) is 1. The lowest BCUT2D eigenvalue weighted by Crippen LogP contribution is -2.38. The Labute approximate surface area is 135 Å². The molecule has 1 aromatic heterocycles. The van der Waals surface area contributed by atoms with Crippen LogP contribution in [-0.2, 0) is 4.74 Å². The van der Waals surface area contributed by atoms with Crippen molar-refractivity contribution in [1.29, 1.82) is 0 Å². The fraction of sp³-hybridized carbons (Fsp3) is 0.667. The summed E-state index contributed by atoms with van der Waals surface area (Å²) in [5.41, 5.74) is -0.441. The van der Waals surface area contributed by atoms with Crippen LogP contribution in [0.4, 0.5) is 4.79 Å². The zero-order valence-corrected chi connectivity index (χ0v) is 14.6. The van der Waals surface area contributed by atoms with Gasteiger partial charge in [-0.05, 0) is 46.2 Å². The van der Waals surface area contributed by atoms with E-state index in [2.05, 4.69) is 12.2 Å². The lowest BCUT2D eigenvalue weighted by molar-refractivity contribution is 0.0290. The Morgan fingerprint density at radius 3 is 2.81 bits per heavy atom. The molecule has 21 heavy (non-hydrogen) atoms. The summed E-state index contributed by atoms with van der Waals surface area (Å²) in [5, 5.41) is 3.56. The van der Waals surface area contributed by atoms with Crippen molar-refractivity contribution >= 4 is 29.0 Å². The highest BCUT2D eigenvalue weighted by molar-refractivity contribution is 7.16. The highest BCUT2D eigenvalue weighted by atomic mass is 35.5. The van der Waals surface area contributed by atoms with Gasteiger partial charge in [0.05, 0.1) is 4.34 Å². The van der Waals surface area contributed by atoms with Crippen LogP contribution in [0, 0.1) is 0 Å². The number of nitrogens with zero attached hydrogens (tertiary/aromatic N) is 1. The molecule has 0 spiro atoms. The van der Waals surface area contributed by atoms with Gasteiger partial charge in [0.2, 0.25) is 0 Å². The topological polar surface area (TPSA) is 41.6 Å². The zero-order chi connectivity index (χ0) is 15.6. The van der Waals surface area contributed by atoms with Crippen molar-refractivity contribution in [3.05, 3.63) is 21.3 Å². The summed E-state index contributed by atoms with van der Waals surface area (Å²) in [6, 6.07) is 4.51. The number of hydrogen-bond donors (Lipinski definition) is 1. The Kier molecular flexibility index (Phi) is 5.17. The van der Waals surface area contributed by atoms with Crippen LogP contribution in [0.1, 0.15) is 45.0 Å². The Bertz CT molecular complexity index is 498. The van der Waals surface area contributed by atoms with Crippen molar-refractivity contribution in [2.24, 2.45) is 0 Å². The molecule has 0 aliphatic carbocycles. The van der Waals surface area contributed by atoms with E-state index in [9.17, 15) is 4.79 Å². The Morgan fingerprint density at radius 1 is 1.52 bits per heavy atom. The molecule has 0 aromatic carbocycles. The smallest absolute Gasteiger partial charge is 0.410 e. The maximum atomic E-state index is 12.0. The predicted octanol–water partition coefficient (Wildman–Crippen LogP) is 4.06. The summed E-state index contributed by atoms with van der Waals surface area (Å²) in [5.74, 6) is 0. The minimum absolute atomic E-state index is 0.223. The van der Waals surface area contributed by atoms with E-state index < -0.39 is 5.60 Å². The summed E-state index contributed by atoms with van der Waals surface area (Å²) < 4.78 is 6.21. The quantitative estimate of drug-likeness (QED) is 0.908. The average molecular weight is 331 g/mol. The molecule has 1 saturated heterocycles. The first-order chi connectivity index (χ1) is 9.74. The first-order valence-electron chi connectivity index (χ1n) is 7.24. The molecule has 1 aliphatic rings. The molecule has 1 fully saturated rings. The van der Waals surface area contributed by atoms with Crippen LogP contribution in [0.25, 0.3) is 0 Å². The van der Waals surface area contributed by atoms with E-state index >= 15 is 0 Å². The second kappa shape index (κ2) is 6.55. The fourth-order valence-electron chi connectivity index (χ4n) is 2.39. The van der Waals surface area contributed by atoms with Crippen LogP contribution in [0.2, 0.25) is 4.34 Å². The monoisotopic (exact) mass is 330 g/mol. The van der Waals surface area contributed by atoms with Crippen LogP contribution >= 0.6 is 22.9 Å². The van der Waals surface area contributed by atoms with Gasteiger partial charge in [0.1, 0.15) is 5.60 Å². The van der Waals surface area contributed by atoms with E-state index in [1.807, 2.05) is 32.9 Å². The molecule has 2 heterocycles. The average Bonchev–Trinajstić information content (AvgIpc) is 2.96. The van der Waals surface area contributed by atoms with Gasteiger partial charge < -0.3 is 15.0 Å². The van der Waals surface area contributed by atoms with Gasteiger partial charge in [-0.2, -0.15) is 0 Å². The Hall–Kier alpha value is -0.780. The van der Waals surface area contributed by atoms with E-state index in [-0.39, 0.29) is 12.1 Å². The summed E-state index contributed by atoms with van der Waals surface area (Å²) in [7, 11) is 0. The SMILES string of the molecule is CC(NC1CCN(C(=O)OC(C)(C)C)C1)c1ccc(Cl)s1. The molecule has 0 bridgehead atoms. The number of carbonyl (C=O) groups excluding carboxylic acids is 1. The van der Waals surface area contributed by atoms with E-state index in [4.69, 9.17) is 16.3 Å². The molecule has 6 heteroatoms. The maximum Gasteiger partial charge on any atom is 0.410 e. The van der Waals surface area contributed by atoms with Gasteiger partial charge in [0.15, 0.2) is 0 Å². The molecule has 1 aliphatic heterocycles. The van der Waals surface area contributed by atoms with Gasteiger partial charge in [-0.25, -0.2) is 4.79 Å². The first kappa shape index (κ1) is 16.6. The van der Waals surface area contributed by atoms with E-state index in [1.54, 1.807) is 16.2 Å². The summed E-state index contributed by atoms with van der Waals surface area (Å²) in [4.78, 5) is 15.0. The lowest BCUT2D eigenvalue weighted by Gasteiger charge is -2.25. The summed E-state index contributed by atoms with van der Waals surface area (Å²) >= 11 is 7.56. The van der Waals surface area contributed by atoms with Crippen LogP contribution in [0.3, 0.4) is 0 Å². The van der Waals surface area contributed by atoms with Gasteiger partial charge in [0, 0.05) is 30.1 Å². The third kappa shape index (κ3) is 4.87. The first-order valence-corrected chi connectivity index (χ1v) is 8.43. The van der Waals surface area contributed by atoms with Crippen molar-refractivity contribution in [3.8, 4) is 0 Å². The lowest BCUT2D eigenvalue weighted by atomic mass is 10.2. The third-order valence-electron chi connectivity index (χ3n) is 3.35. The van der Waals surface area contributed by atoms with E-state index in [0.717, 1.165) is 17.3 Å². The fourth-order valence-corrected chi connectivity index (χ4v) is 3.46. The molecular weight excluding hydrogens is 308 g/mol. The number of ether oxygens (including phenoxy) is 1. The normalized spacial score (nSPS) is 20.6. The van der Waals surface area contributed by atoms with Gasteiger partial charge >= 0.3 is 6.09 Å². The largest absolute Gasteiger partial charge is 0.444 e. The van der Waals surface area contributed by atoms with E-state index in [1.165, 1.54) is 4.88 Å². The molecular formula is C15H23ClN2O2S. The Balaban J connectivity index is 1.84. The zero-order valence-electron chi connectivity index (χ0n) is 13.0. The Morgan fingerprint density at radius 2 is 2.24 bits per heavy atom. The molecule has 2 rings (SSSR count). The molecule has 2 atom stereocenters. The van der Waals surface area contributed by atoms with Crippen molar-refractivity contribution in [2.75, 3.05) is 13.1 Å². The molecule has 2 unspecified atom stereocenters. The molecule has 4 nitrogen and oxygen atoms in total. The molecule has 0 radical (unpaired) electrons. The van der Waals surface area contributed by atoms with Crippen molar-refractivity contribution in [2.45, 2.75) is 51.8 Å². The number of hydrogen-bond acceptors (Lipinski definition) is 4. The van der Waals surface area contributed by atoms with Crippen molar-refractivity contribution < 1.29 is 9.53 Å². The van der Waals surface area contributed by atoms with Gasteiger partial charge in [-0.15, -0.1) is 11.3 Å². The van der Waals surface area contributed by atoms with Gasteiger partial charge in [-0.3, -0.25) is 0 Å². The van der Waals surface area contributed by atoms with Crippen molar-refractivity contribution in [3.63, 3.8) is 0 Å². The number of amides is 1. The molecule has 1 N–H and O–H groups in total. The standard InChI is InChI=1S/C15H23ClN2O2S/c1-10(12-5-6-13(16)21-12)17-11-7-8-18(9-11)14(19)20-15(2,3)4/h5-6,10-11,17H,7-9H2,1-4H3. The number of halogens is 1. The molecule has 1 amide bonds. The number of carbonyl (C=O) groups is 1. The van der Waals surface area contributed by atoms with Gasteiger partial charge in [-0.1, -0.05) is 11.6 Å². The van der Waals surface area contributed by atoms with Crippen molar-refractivity contribution in [1.82, 2.24) is 10.2 Å². The predicted molar refractivity (Wildman–Crippen MR) is 87.1 cm³/mol. The van der Waals surface area contributed by atoms with Crippen LogP contribution in [-0.4, -0.2) is 35.7 Å². The number of likely N-dealkylation sites (tertiary alicyclic amines) is 1. The summed E-state index contributed by atoms with van der Waals surface area (Å²) in [6.45, 7) is 9.22. The molecule has 118 valence electrons. The van der Waals surface area contributed by atoms with Gasteiger partial charge in [0.25, 0.3) is 0 Å². The molecule has 1 aromatic rings. The van der Waals surface area contributed by atoms with E-state index in [0.29, 0.717) is 12.6 Å². The minimum Gasteiger partial charge on any atom is -0.444 e. The number of thiophene rings is 1. The van der Waals surface area contributed by atoms with Crippen LogP contribution in [0.5, 0.6) is 0 Å². The maximum absolute atomic E-state index is 12.0. The third-order valence-corrected chi connectivity index (χ3v) is 4.76. The second-order valence-electron chi connectivity index (χ2n) is 6.44. The highest BCUT2D eigenvalue weighted by Crippen LogP contribution is 2.27. The van der Waals surface area contributed by atoms with Crippen LogP contribution < -0.4 is 5.32 Å². The highest BCUT2D eigenvalue weighted by Gasteiger charge is 2.30. The second-order valence-corrected chi connectivity index (χ2v) is 8.19. The summed E-state index contributed by atoms with van der Waals surface area (Å²) in [6.07, 6.45) is 0.724. The number of rotatable bonds is 3. The minimum atomic E-state index is -0.441. The van der Waals surface area contributed by atoms with Crippen LogP contribution in [0.15, 0.2) is 12.1 Å². The molecule has 0 saturated carbocycles.